The van der Waals surface area contributed by atoms with Crippen LogP contribution in [0.1, 0.15) is 31.5 Å². The van der Waals surface area contributed by atoms with Gasteiger partial charge in [-0.15, -0.1) is 0 Å². The quantitative estimate of drug-likeness (QED) is 0.838. The fourth-order valence-electron chi connectivity index (χ4n) is 2.20. The van der Waals surface area contributed by atoms with Crippen LogP contribution in [0.25, 0.3) is 11.3 Å². The number of hydrogen-bond acceptors (Lipinski definition) is 3. The molecule has 19 heavy (non-hydrogen) atoms. The van der Waals surface area contributed by atoms with Crippen LogP contribution in [0, 0.1) is 0 Å². The molecule has 1 aromatic heterocycles. The van der Waals surface area contributed by atoms with E-state index in [9.17, 15) is 0 Å². The van der Waals surface area contributed by atoms with Crippen molar-refractivity contribution >= 4 is 0 Å². The summed E-state index contributed by atoms with van der Waals surface area (Å²) in [6.45, 7) is 2.79. The summed E-state index contributed by atoms with van der Waals surface area (Å²) in [6.07, 6.45) is 4.03. The summed E-state index contributed by atoms with van der Waals surface area (Å²) in [5.41, 5.74) is 7.88. The standard InChI is InChI=1S/C15H21N3O/c1-3-5-12(9-16)15-17-10-14(18-15)11-6-4-7-13(8-11)19-2/h4,6-8,10,12H,3,5,9,16H2,1-2H3,(H,17,18). The zero-order valence-corrected chi connectivity index (χ0v) is 11.5. The molecule has 0 aliphatic heterocycles. The first-order chi connectivity index (χ1) is 9.28. The largest absolute Gasteiger partial charge is 0.497 e. The zero-order chi connectivity index (χ0) is 13.7. The van der Waals surface area contributed by atoms with Crippen LogP contribution >= 0.6 is 0 Å². The van der Waals surface area contributed by atoms with Crippen LogP contribution in [-0.4, -0.2) is 23.6 Å². The average Bonchev–Trinajstić information content (AvgIpc) is 2.94. The van der Waals surface area contributed by atoms with Crippen LogP contribution in [0.4, 0.5) is 0 Å². The second kappa shape index (κ2) is 6.38. The number of nitrogens with zero attached hydrogens (tertiary/aromatic N) is 1. The van der Waals surface area contributed by atoms with E-state index in [0.29, 0.717) is 12.5 Å². The van der Waals surface area contributed by atoms with Gasteiger partial charge in [0.1, 0.15) is 11.6 Å². The molecule has 1 unspecified atom stereocenters. The smallest absolute Gasteiger partial charge is 0.119 e. The van der Waals surface area contributed by atoms with Crippen LogP contribution in [0.3, 0.4) is 0 Å². The maximum absolute atomic E-state index is 5.80. The van der Waals surface area contributed by atoms with Crippen molar-refractivity contribution in [3.05, 3.63) is 36.3 Å². The first kappa shape index (κ1) is 13.6. The molecule has 0 saturated heterocycles. The van der Waals surface area contributed by atoms with Gasteiger partial charge >= 0.3 is 0 Å². The number of hydrogen-bond donors (Lipinski definition) is 2. The molecule has 102 valence electrons. The molecule has 0 aliphatic rings. The normalized spacial score (nSPS) is 12.4. The third kappa shape index (κ3) is 3.15. The highest BCUT2D eigenvalue weighted by molar-refractivity contribution is 5.60. The number of imidazole rings is 1. The van der Waals surface area contributed by atoms with E-state index in [2.05, 4.69) is 16.9 Å². The van der Waals surface area contributed by atoms with Gasteiger partial charge in [0.05, 0.1) is 19.0 Å². The molecule has 0 bridgehead atoms. The van der Waals surface area contributed by atoms with Gasteiger partial charge in [-0.1, -0.05) is 25.5 Å². The lowest BCUT2D eigenvalue weighted by molar-refractivity contribution is 0.415. The number of methoxy groups -OCH3 is 1. The Balaban J connectivity index is 2.24. The molecule has 0 amide bonds. The molecule has 0 aliphatic carbocycles. The van der Waals surface area contributed by atoms with Crippen LogP contribution in [-0.2, 0) is 0 Å². The van der Waals surface area contributed by atoms with Gasteiger partial charge in [-0.05, 0) is 18.6 Å². The summed E-state index contributed by atoms with van der Waals surface area (Å²) in [7, 11) is 1.67. The number of nitrogens with one attached hydrogen (secondary N) is 1. The Morgan fingerprint density at radius 2 is 2.26 bits per heavy atom. The Kier molecular flexibility index (Phi) is 4.58. The molecule has 0 fully saturated rings. The fraction of sp³-hybridized carbons (Fsp3) is 0.400. The maximum Gasteiger partial charge on any atom is 0.119 e. The van der Waals surface area contributed by atoms with Crippen molar-refractivity contribution in [2.24, 2.45) is 5.73 Å². The van der Waals surface area contributed by atoms with Gasteiger partial charge in [-0.25, -0.2) is 4.98 Å². The molecule has 1 heterocycles. The predicted molar refractivity (Wildman–Crippen MR) is 77.3 cm³/mol. The van der Waals surface area contributed by atoms with Crippen molar-refractivity contribution in [1.82, 2.24) is 9.97 Å². The Bertz CT molecular complexity index is 522. The average molecular weight is 259 g/mol. The number of rotatable bonds is 6. The number of aromatic amines is 1. The summed E-state index contributed by atoms with van der Waals surface area (Å²) in [4.78, 5) is 7.83. The van der Waals surface area contributed by atoms with E-state index in [1.807, 2.05) is 30.5 Å². The highest BCUT2D eigenvalue weighted by Crippen LogP contribution is 2.25. The Morgan fingerprint density at radius 1 is 1.42 bits per heavy atom. The minimum Gasteiger partial charge on any atom is -0.497 e. The fourth-order valence-corrected chi connectivity index (χ4v) is 2.20. The van der Waals surface area contributed by atoms with Gasteiger partial charge < -0.3 is 15.5 Å². The molecular weight excluding hydrogens is 238 g/mol. The highest BCUT2D eigenvalue weighted by atomic mass is 16.5. The summed E-state index contributed by atoms with van der Waals surface area (Å²) in [6, 6.07) is 7.94. The van der Waals surface area contributed by atoms with Crippen molar-refractivity contribution in [1.29, 1.82) is 0 Å². The minimum atomic E-state index is 0.310. The third-order valence-electron chi connectivity index (χ3n) is 3.28. The first-order valence-electron chi connectivity index (χ1n) is 6.67. The van der Waals surface area contributed by atoms with Gasteiger partial charge in [-0.2, -0.15) is 0 Å². The number of nitrogens with two attached hydrogens (primary N) is 1. The second-order valence-corrected chi connectivity index (χ2v) is 4.64. The lowest BCUT2D eigenvalue weighted by Gasteiger charge is -2.10. The van der Waals surface area contributed by atoms with Crippen LogP contribution in [0.15, 0.2) is 30.5 Å². The number of benzene rings is 1. The predicted octanol–water partition coefficient (Wildman–Crippen LogP) is 2.93. The number of aromatic nitrogens is 2. The molecule has 4 nitrogen and oxygen atoms in total. The molecule has 4 heteroatoms. The summed E-state index contributed by atoms with van der Waals surface area (Å²) in [5, 5.41) is 0. The van der Waals surface area contributed by atoms with Crippen LogP contribution in [0.2, 0.25) is 0 Å². The maximum atomic E-state index is 5.80. The first-order valence-corrected chi connectivity index (χ1v) is 6.67. The lowest BCUT2D eigenvalue weighted by atomic mass is 10.0. The summed E-state index contributed by atoms with van der Waals surface area (Å²) in [5.74, 6) is 2.13. The van der Waals surface area contributed by atoms with Crippen molar-refractivity contribution in [3.8, 4) is 17.0 Å². The van der Waals surface area contributed by atoms with Gasteiger partial charge in [0.25, 0.3) is 0 Å². The molecular formula is C15H21N3O. The van der Waals surface area contributed by atoms with E-state index >= 15 is 0 Å². The molecule has 0 saturated carbocycles. The molecule has 0 spiro atoms. The van der Waals surface area contributed by atoms with Gasteiger partial charge in [0.15, 0.2) is 0 Å². The van der Waals surface area contributed by atoms with E-state index < -0.39 is 0 Å². The number of H-pyrrole nitrogens is 1. The van der Waals surface area contributed by atoms with E-state index in [4.69, 9.17) is 10.5 Å². The summed E-state index contributed by atoms with van der Waals surface area (Å²) >= 11 is 0. The SMILES string of the molecule is CCCC(CN)c1ncc(-c2cccc(OC)c2)[nH]1. The molecule has 2 aromatic rings. The zero-order valence-electron chi connectivity index (χ0n) is 11.5. The molecule has 1 aromatic carbocycles. The van der Waals surface area contributed by atoms with Crippen molar-refractivity contribution < 1.29 is 4.74 Å². The van der Waals surface area contributed by atoms with Crippen molar-refractivity contribution in [3.63, 3.8) is 0 Å². The van der Waals surface area contributed by atoms with E-state index in [0.717, 1.165) is 35.7 Å². The molecule has 1 atom stereocenters. The van der Waals surface area contributed by atoms with Gasteiger partial charge in [0.2, 0.25) is 0 Å². The Hall–Kier alpha value is -1.81. The Labute approximate surface area is 114 Å². The van der Waals surface area contributed by atoms with Crippen LogP contribution < -0.4 is 10.5 Å². The molecule has 2 rings (SSSR count). The minimum absolute atomic E-state index is 0.310. The number of ether oxygens (including phenoxy) is 1. The second-order valence-electron chi connectivity index (χ2n) is 4.64. The highest BCUT2D eigenvalue weighted by Gasteiger charge is 2.13. The lowest BCUT2D eigenvalue weighted by Crippen LogP contribution is -2.13. The van der Waals surface area contributed by atoms with Crippen LogP contribution in [0.5, 0.6) is 5.75 Å². The topological polar surface area (TPSA) is 63.9 Å². The molecule has 3 N–H and O–H groups in total. The van der Waals surface area contributed by atoms with Crippen molar-refractivity contribution in [2.75, 3.05) is 13.7 Å². The van der Waals surface area contributed by atoms with E-state index in [1.54, 1.807) is 7.11 Å². The third-order valence-corrected chi connectivity index (χ3v) is 3.28. The molecule has 0 radical (unpaired) electrons. The Morgan fingerprint density at radius 3 is 2.95 bits per heavy atom. The summed E-state index contributed by atoms with van der Waals surface area (Å²) < 4.78 is 5.24. The van der Waals surface area contributed by atoms with E-state index in [1.165, 1.54) is 0 Å². The van der Waals surface area contributed by atoms with E-state index in [-0.39, 0.29) is 0 Å². The van der Waals surface area contributed by atoms with Gasteiger partial charge in [0, 0.05) is 18.0 Å². The van der Waals surface area contributed by atoms with Crippen molar-refractivity contribution in [2.45, 2.75) is 25.7 Å². The van der Waals surface area contributed by atoms with Gasteiger partial charge in [-0.3, -0.25) is 0 Å². The monoisotopic (exact) mass is 259 g/mol.